The summed E-state index contributed by atoms with van der Waals surface area (Å²) in [6.07, 6.45) is -10.3. The summed E-state index contributed by atoms with van der Waals surface area (Å²) in [5, 5.41) is 0. The molecule has 3 amide bonds. The third-order valence-electron chi connectivity index (χ3n) is 8.47. The minimum atomic E-state index is -4.96. The highest BCUT2D eigenvalue weighted by Gasteiger charge is 2.40. The van der Waals surface area contributed by atoms with Crippen molar-refractivity contribution in [1.82, 2.24) is 14.7 Å². The number of carbonyl (C=O) groups excluding carboxylic acids is 2. The molecule has 0 aromatic heterocycles. The highest BCUT2D eigenvalue weighted by Crippen LogP contribution is 2.40. The van der Waals surface area contributed by atoms with Crippen LogP contribution in [0.1, 0.15) is 60.5 Å². The molecule has 0 N–H and O–H groups in total. The number of piperidine rings is 2. The van der Waals surface area contributed by atoms with E-state index in [1.165, 1.54) is 6.92 Å². The zero-order chi connectivity index (χ0) is 30.9. The van der Waals surface area contributed by atoms with E-state index in [1.54, 1.807) is 14.7 Å². The van der Waals surface area contributed by atoms with Crippen LogP contribution in [-0.2, 0) is 21.8 Å². The Balaban J connectivity index is 1.30. The first-order valence-electron chi connectivity index (χ1n) is 14.3. The van der Waals surface area contributed by atoms with Gasteiger partial charge in [-0.2, -0.15) is 26.3 Å². The van der Waals surface area contributed by atoms with E-state index >= 15 is 0 Å². The molecular formula is C30H33F6N3O4. The minimum Gasteiger partial charge on any atom is -0.448 e. The Labute approximate surface area is 245 Å². The van der Waals surface area contributed by atoms with Crippen molar-refractivity contribution < 1.29 is 45.4 Å². The lowest BCUT2D eigenvalue weighted by atomic mass is 9.87. The molecule has 0 spiro atoms. The molecule has 7 nitrogen and oxygen atoms in total. The van der Waals surface area contributed by atoms with Gasteiger partial charge in [0.1, 0.15) is 6.61 Å². The zero-order valence-corrected chi connectivity index (χ0v) is 23.5. The summed E-state index contributed by atoms with van der Waals surface area (Å²) in [6.45, 7) is 3.90. The van der Waals surface area contributed by atoms with Crippen molar-refractivity contribution in [2.45, 2.75) is 62.7 Å². The van der Waals surface area contributed by atoms with Gasteiger partial charge >= 0.3 is 24.5 Å². The second kappa shape index (κ2) is 12.3. The summed E-state index contributed by atoms with van der Waals surface area (Å²) in [5.41, 5.74) is -2.16. The largest absolute Gasteiger partial charge is 0.448 e. The molecule has 2 aromatic rings. The first kappa shape index (κ1) is 31.0. The summed E-state index contributed by atoms with van der Waals surface area (Å²) >= 11 is 0. The van der Waals surface area contributed by atoms with E-state index in [-0.39, 0.29) is 42.3 Å². The average molecular weight is 614 g/mol. The Morgan fingerprint density at radius 1 is 0.884 bits per heavy atom. The molecular weight excluding hydrogens is 580 g/mol. The van der Waals surface area contributed by atoms with E-state index < -0.39 is 35.7 Å². The second-order valence-electron chi connectivity index (χ2n) is 11.2. The monoisotopic (exact) mass is 613 g/mol. The van der Waals surface area contributed by atoms with E-state index in [0.29, 0.717) is 64.2 Å². The van der Waals surface area contributed by atoms with Crippen molar-refractivity contribution in [3.8, 4) is 0 Å². The van der Waals surface area contributed by atoms with Crippen molar-refractivity contribution in [3.05, 3.63) is 70.8 Å². The molecule has 3 saturated heterocycles. The molecule has 3 aliphatic heterocycles. The molecule has 3 aliphatic rings. The Bertz CT molecular complexity index is 1260. The number of amides is 3. The normalized spacial score (nSPS) is 23.0. The Morgan fingerprint density at radius 2 is 1.49 bits per heavy atom. The van der Waals surface area contributed by atoms with Crippen molar-refractivity contribution >= 4 is 12.1 Å². The maximum Gasteiger partial charge on any atom is 0.416 e. The van der Waals surface area contributed by atoms with Crippen LogP contribution in [0, 0.1) is 0 Å². The van der Waals surface area contributed by atoms with Crippen molar-refractivity contribution in [3.63, 3.8) is 0 Å². The number of alkyl halides is 6. The quantitative estimate of drug-likeness (QED) is 0.353. The maximum atomic E-state index is 13.5. The Morgan fingerprint density at radius 3 is 2.05 bits per heavy atom. The van der Waals surface area contributed by atoms with Gasteiger partial charge in [-0.05, 0) is 55.5 Å². The lowest BCUT2D eigenvalue weighted by Crippen LogP contribution is -2.54. The van der Waals surface area contributed by atoms with Crippen LogP contribution in [0.15, 0.2) is 48.5 Å². The zero-order valence-electron chi connectivity index (χ0n) is 23.5. The summed E-state index contributed by atoms with van der Waals surface area (Å²) in [4.78, 5) is 30.6. The topological polar surface area (TPSA) is 62.3 Å². The summed E-state index contributed by atoms with van der Waals surface area (Å²) < 4.78 is 92.0. The van der Waals surface area contributed by atoms with Crippen molar-refractivity contribution in [2.24, 2.45) is 0 Å². The predicted molar refractivity (Wildman–Crippen MR) is 143 cm³/mol. The first-order chi connectivity index (χ1) is 20.3. The van der Waals surface area contributed by atoms with Crippen LogP contribution < -0.4 is 0 Å². The number of hydrogen-bond acceptors (Lipinski definition) is 4. The van der Waals surface area contributed by atoms with Crippen LogP contribution in [0.4, 0.5) is 35.9 Å². The van der Waals surface area contributed by atoms with Crippen LogP contribution in [-0.4, -0.2) is 78.3 Å². The van der Waals surface area contributed by atoms with Gasteiger partial charge in [-0.3, -0.25) is 0 Å². The molecule has 0 bridgehead atoms. The number of nitrogens with zero attached hydrogens (tertiary/aromatic N) is 3. The third-order valence-corrected chi connectivity index (χ3v) is 8.47. The smallest absolute Gasteiger partial charge is 0.416 e. The fourth-order valence-corrected chi connectivity index (χ4v) is 6.15. The van der Waals surface area contributed by atoms with Crippen LogP contribution in [0.3, 0.4) is 0 Å². The van der Waals surface area contributed by atoms with Gasteiger partial charge in [-0.25, -0.2) is 9.59 Å². The number of halogens is 6. The van der Waals surface area contributed by atoms with E-state index in [1.807, 2.05) is 30.3 Å². The highest BCUT2D eigenvalue weighted by atomic mass is 19.4. The number of hydrogen-bond donors (Lipinski definition) is 0. The van der Waals surface area contributed by atoms with Crippen LogP contribution in [0.25, 0.3) is 0 Å². The predicted octanol–water partition coefficient (Wildman–Crippen LogP) is 6.70. The lowest BCUT2D eigenvalue weighted by molar-refractivity contribution is -0.143. The van der Waals surface area contributed by atoms with Gasteiger partial charge in [0.05, 0.1) is 29.9 Å². The number of likely N-dealkylation sites (tertiary alicyclic amines) is 2. The third kappa shape index (κ3) is 7.02. The molecule has 0 unspecified atom stereocenters. The van der Waals surface area contributed by atoms with Crippen LogP contribution in [0.5, 0.6) is 0 Å². The Hall–Kier alpha value is -3.48. The van der Waals surface area contributed by atoms with Crippen molar-refractivity contribution in [2.75, 3.05) is 39.3 Å². The molecule has 0 radical (unpaired) electrons. The fourth-order valence-electron chi connectivity index (χ4n) is 6.15. The number of rotatable bonds is 5. The molecule has 3 atom stereocenters. The van der Waals surface area contributed by atoms with Gasteiger partial charge < -0.3 is 24.2 Å². The van der Waals surface area contributed by atoms with Gasteiger partial charge in [-0.15, -0.1) is 0 Å². The molecule has 13 heteroatoms. The van der Waals surface area contributed by atoms with E-state index in [4.69, 9.17) is 9.47 Å². The van der Waals surface area contributed by atoms with Crippen LogP contribution in [0.2, 0.25) is 0 Å². The highest BCUT2D eigenvalue weighted by molar-refractivity contribution is 5.75. The molecule has 5 rings (SSSR count). The van der Waals surface area contributed by atoms with E-state index in [9.17, 15) is 35.9 Å². The van der Waals surface area contributed by atoms with Gasteiger partial charge in [0.25, 0.3) is 0 Å². The minimum absolute atomic E-state index is 0.0189. The van der Waals surface area contributed by atoms with Crippen molar-refractivity contribution in [1.29, 1.82) is 0 Å². The molecule has 43 heavy (non-hydrogen) atoms. The molecule has 3 heterocycles. The van der Waals surface area contributed by atoms with Gasteiger partial charge in [0.15, 0.2) is 0 Å². The molecule has 0 saturated carbocycles. The summed E-state index contributed by atoms with van der Waals surface area (Å²) in [7, 11) is 0. The van der Waals surface area contributed by atoms with E-state index in [2.05, 4.69) is 0 Å². The Kier molecular flexibility index (Phi) is 8.82. The first-order valence-corrected chi connectivity index (χ1v) is 14.3. The maximum absolute atomic E-state index is 13.5. The number of ether oxygens (including phenoxy) is 2. The number of benzene rings is 2. The number of urea groups is 1. The molecule has 2 aromatic carbocycles. The lowest BCUT2D eigenvalue weighted by Gasteiger charge is -2.43. The summed E-state index contributed by atoms with van der Waals surface area (Å²) in [5.74, 6) is -0.355. The van der Waals surface area contributed by atoms with Gasteiger partial charge in [-0.1, -0.05) is 30.3 Å². The average Bonchev–Trinajstić information content (AvgIpc) is 3.42. The van der Waals surface area contributed by atoms with Crippen LogP contribution >= 0.6 is 0 Å². The molecule has 3 fully saturated rings. The van der Waals surface area contributed by atoms with E-state index in [0.717, 1.165) is 5.56 Å². The SMILES string of the molecule is C[C@@H](O[C@H]1CCN(C(=O)N2CCC(N3CCOC3=O)CC2)C[C@H]1c1ccccc1)c1cc(C(F)(F)F)cc(C(F)(F)F)c1. The standard InChI is InChI=1S/C30H33F6N3O4/c1-19(21-15-22(29(31,32)33)17-23(16-21)30(34,35)36)43-26-9-12-38(18-25(26)20-5-3-2-4-6-20)27(40)37-10-7-24(8-11-37)39-13-14-42-28(39)41/h2-6,15-17,19,24-26H,7-14,18H2,1H3/t19-,25+,26+/m1/s1. The number of cyclic esters (lactones) is 1. The second-order valence-corrected chi connectivity index (χ2v) is 11.2. The number of carbonyl (C=O) groups is 2. The summed E-state index contributed by atoms with van der Waals surface area (Å²) in [6, 6.07) is 10.6. The molecule has 234 valence electrons. The molecule has 0 aliphatic carbocycles. The van der Waals surface area contributed by atoms with Gasteiger partial charge in [0.2, 0.25) is 0 Å². The van der Waals surface area contributed by atoms with Gasteiger partial charge in [0, 0.05) is 38.1 Å². The fraction of sp³-hybridized carbons (Fsp3) is 0.533.